The fourth-order valence-corrected chi connectivity index (χ4v) is 3.66. The Morgan fingerprint density at radius 1 is 1.35 bits per heavy atom. The van der Waals surface area contributed by atoms with Crippen LogP contribution in [0.2, 0.25) is 0 Å². The molecule has 0 bridgehead atoms. The largest absolute Gasteiger partial charge is 0.361 e. The smallest absolute Gasteiger partial charge is 0.321 e. The van der Waals surface area contributed by atoms with E-state index in [1.165, 1.54) is 0 Å². The van der Waals surface area contributed by atoms with Crippen molar-refractivity contribution in [3.05, 3.63) is 30.5 Å². The Morgan fingerprint density at radius 2 is 2.15 bits per heavy atom. The monoisotopic (exact) mass is 289 g/mol. The van der Waals surface area contributed by atoms with Crippen molar-refractivity contribution in [3.8, 4) is 0 Å². The fraction of sp³-hybridized carbons (Fsp3) is 0.400. The topological polar surface area (TPSA) is 48.1 Å². The molecular weight excluding hydrogens is 270 g/mol. The van der Waals surface area contributed by atoms with Gasteiger partial charge in [-0.25, -0.2) is 4.79 Å². The Hall–Kier alpha value is -1.62. The van der Waals surface area contributed by atoms with Crippen molar-refractivity contribution in [1.29, 1.82) is 0 Å². The van der Waals surface area contributed by atoms with Gasteiger partial charge in [-0.2, -0.15) is 11.8 Å². The maximum Gasteiger partial charge on any atom is 0.321 e. The van der Waals surface area contributed by atoms with Gasteiger partial charge in [0.1, 0.15) is 0 Å². The third-order valence-corrected chi connectivity index (χ3v) is 4.91. The molecule has 5 heteroatoms. The van der Waals surface area contributed by atoms with Gasteiger partial charge in [0.05, 0.1) is 0 Å². The van der Waals surface area contributed by atoms with Crippen LogP contribution < -0.4 is 5.32 Å². The maximum absolute atomic E-state index is 12.3. The number of urea groups is 1. The number of anilines is 1. The summed E-state index contributed by atoms with van der Waals surface area (Å²) >= 11 is 1.97. The van der Waals surface area contributed by atoms with E-state index in [1.807, 2.05) is 54.2 Å². The highest BCUT2D eigenvalue weighted by Crippen LogP contribution is 2.22. The van der Waals surface area contributed by atoms with E-state index in [2.05, 4.69) is 10.3 Å². The molecule has 2 amide bonds. The average molecular weight is 289 g/mol. The number of carbonyl (C=O) groups excluding carboxylic acids is 1. The number of H-pyrrole nitrogens is 1. The first-order valence-electron chi connectivity index (χ1n) is 6.93. The highest BCUT2D eigenvalue weighted by molar-refractivity contribution is 7.99. The molecule has 0 radical (unpaired) electrons. The molecule has 2 aromatic rings. The minimum Gasteiger partial charge on any atom is -0.361 e. The molecule has 0 aliphatic carbocycles. The molecule has 106 valence electrons. The lowest BCUT2D eigenvalue weighted by Gasteiger charge is -2.31. The number of fused-ring (bicyclic) bond motifs is 1. The van der Waals surface area contributed by atoms with Crippen LogP contribution in [0.3, 0.4) is 0 Å². The van der Waals surface area contributed by atoms with Crippen LogP contribution >= 0.6 is 11.8 Å². The zero-order valence-electron chi connectivity index (χ0n) is 11.6. The van der Waals surface area contributed by atoms with Crippen molar-refractivity contribution >= 4 is 34.4 Å². The number of carbonyl (C=O) groups is 1. The van der Waals surface area contributed by atoms with Gasteiger partial charge in [-0.1, -0.05) is 0 Å². The normalized spacial score (nSPS) is 16.2. The van der Waals surface area contributed by atoms with Gasteiger partial charge in [-0.05, 0) is 48.6 Å². The third kappa shape index (κ3) is 2.77. The van der Waals surface area contributed by atoms with Gasteiger partial charge in [0, 0.05) is 35.9 Å². The molecule has 0 spiro atoms. The Morgan fingerprint density at radius 3 is 2.95 bits per heavy atom. The van der Waals surface area contributed by atoms with Crippen molar-refractivity contribution in [3.63, 3.8) is 0 Å². The molecule has 4 nitrogen and oxygen atoms in total. The van der Waals surface area contributed by atoms with Gasteiger partial charge >= 0.3 is 6.03 Å². The van der Waals surface area contributed by atoms with Crippen LogP contribution in [-0.4, -0.2) is 40.5 Å². The Kier molecular flexibility index (Phi) is 3.87. The van der Waals surface area contributed by atoms with E-state index in [-0.39, 0.29) is 6.03 Å². The molecule has 1 aliphatic rings. The van der Waals surface area contributed by atoms with Gasteiger partial charge in [-0.3, -0.25) is 0 Å². The van der Waals surface area contributed by atoms with Crippen molar-refractivity contribution in [2.24, 2.45) is 0 Å². The molecular formula is C15H19N3OS. The average Bonchev–Trinajstić information content (AvgIpc) is 2.95. The Bertz CT molecular complexity index is 604. The summed E-state index contributed by atoms with van der Waals surface area (Å²) in [5.74, 6) is 2.30. The predicted molar refractivity (Wildman–Crippen MR) is 85.4 cm³/mol. The first-order valence-corrected chi connectivity index (χ1v) is 8.08. The van der Waals surface area contributed by atoms with Crippen LogP contribution in [0.1, 0.15) is 12.8 Å². The zero-order chi connectivity index (χ0) is 13.9. The van der Waals surface area contributed by atoms with Crippen LogP contribution in [0.25, 0.3) is 10.9 Å². The van der Waals surface area contributed by atoms with Gasteiger partial charge in [0.2, 0.25) is 0 Å². The number of aromatic nitrogens is 1. The Balaban J connectivity index is 1.67. The minimum atomic E-state index is -0.0169. The van der Waals surface area contributed by atoms with E-state index in [0.29, 0.717) is 6.04 Å². The van der Waals surface area contributed by atoms with Gasteiger partial charge in [-0.15, -0.1) is 0 Å². The fourth-order valence-electron chi connectivity index (χ4n) is 2.58. The summed E-state index contributed by atoms with van der Waals surface area (Å²) in [6, 6.07) is 8.27. The van der Waals surface area contributed by atoms with Gasteiger partial charge in [0.25, 0.3) is 0 Å². The van der Waals surface area contributed by atoms with E-state index in [0.717, 1.165) is 40.9 Å². The van der Waals surface area contributed by atoms with Crippen molar-refractivity contribution < 1.29 is 4.79 Å². The van der Waals surface area contributed by atoms with Crippen LogP contribution in [0.5, 0.6) is 0 Å². The summed E-state index contributed by atoms with van der Waals surface area (Å²) in [6.07, 6.45) is 4.08. The molecule has 2 N–H and O–H groups in total. The highest BCUT2D eigenvalue weighted by atomic mass is 32.2. The number of hydrogen-bond acceptors (Lipinski definition) is 2. The lowest BCUT2D eigenvalue weighted by molar-refractivity contribution is 0.200. The lowest BCUT2D eigenvalue weighted by Crippen LogP contribution is -2.41. The van der Waals surface area contributed by atoms with E-state index in [1.54, 1.807) is 0 Å². The number of nitrogens with one attached hydrogen (secondary N) is 2. The quantitative estimate of drug-likeness (QED) is 0.888. The molecule has 1 aromatic heterocycles. The molecule has 2 heterocycles. The highest BCUT2D eigenvalue weighted by Gasteiger charge is 2.22. The summed E-state index contributed by atoms with van der Waals surface area (Å²) < 4.78 is 0. The van der Waals surface area contributed by atoms with Crippen molar-refractivity contribution in [1.82, 2.24) is 9.88 Å². The number of hydrogen-bond donors (Lipinski definition) is 2. The number of nitrogens with zero attached hydrogens (tertiary/aromatic N) is 1. The second-order valence-corrected chi connectivity index (χ2v) is 6.39. The molecule has 20 heavy (non-hydrogen) atoms. The van der Waals surface area contributed by atoms with Crippen LogP contribution in [0.15, 0.2) is 30.5 Å². The van der Waals surface area contributed by atoms with Crippen LogP contribution in [0, 0.1) is 0 Å². The maximum atomic E-state index is 12.3. The zero-order valence-corrected chi connectivity index (χ0v) is 12.4. The molecule has 1 aromatic carbocycles. The van der Waals surface area contributed by atoms with E-state index < -0.39 is 0 Å². The SMILES string of the molecule is CN(C(=O)Nc1ccc2[nH]ccc2c1)C1CCSCC1. The summed E-state index contributed by atoms with van der Waals surface area (Å²) in [6.45, 7) is 0. The summed E-state index contributed by atoms with van der Waals surface area (Å²) in [5.41, 5.74) is 1.93. The first-order chi connectivity index (χ1) is 9.74. The van der Waals surface area contributed by atoms with E-state index in [4.69, 9.17) is 0 Å². The molecule has 1 aliphatic heterocycles. The molecule has 0 unspecified atom stereocenters. The predicted octanol–water partition coefficient (Wildman–Crippen LogP) is 3.53. The number of benzene rings is 1. The second-order valence-electron chi connectivity index (χ2n) is 5.16. The molecule has 0 atom stereocenters. The molecule has 1 fully saturated rings. The summed E-state index contributed by atoms with van der Waals surface area (Å²) in [4.78, 5) is 17.3. The second kappa shape index (κ2) is 5.79. The lowest BCUT2D eigenvalue weighted by atomic mass is 10.1. The van der Waals surface area contributed by atoms with Crippen molar-refractivity contribution in [2.75, 3.05) is 23.9 Å². The summed E-state index contributed by atoms with van der Waals surface area (Å²) in [5, 5.41) is 4.10. The molecule has 3 rings (SSSR count). The number of thioether (sulfide) groups is 1. The number of rotatable bonds is 2. The number of amides is 2. The van der Waals surface area contributed by atoms with Crippen LogP contribution in [-0.2, 0) is 0 Å². The molecule has 1 saturated heterocycles. The van der Waals surface area contributed by atoms with E-state index in [9.17, 15) is 4.79 Å². The number of aromatic amines is 1. The molecule has 0 saturated carbocycles. The third-order valence-electron chi connectivity index (χ3n) is 3.86. The standard InChI is InChI=1S/C15H19N3OS/c1-18(13-5-8-20-9-6-13)15(19)17-12-2-3-14-11(10-12)4-7-16-14/h2-4,7,10,13,16H,5-6,8-9H2,1H3,(H,17,19). The summed E-state index contributed by atoms with van der Waals surface area (Å²) in [7, 11) is 1.89. The first kappa shape index (κ1) is 13.4. The van der Waals surface area contributed by atoms with Gasteiger partial charge in [0.15, 0.2) is 0 Å². The Labute approximate surface area is 122 Å². The van der Waals surface area contributed by atoms with Crippen LogP contribution in [0.4, 0.5) is 10.5 Å². The van der Waals surface area contributed by atoms with Gasteiger partial charge < -0.3 is 15.2 Å². The van der Waals surface area contributed by atoms with E-state index >= 15 is 0 Å². The van der Waals surface area contributed by atoms with Crippen molar-refractivity contribution in [2.45, 2.75) is 18.9 Å². The minimum absolute atomic E-state index is 0.0169.